The molecule has 0 bridgehead atoms. The molecule has 1 aromatic rings. The summed E-state index contributed by atoms with van der Waals surface area (Å²) in [5.74, 6) is 2.62. The molecule has 0 aliphatic carbocycles. The van der Waals surface area contributed by atoms with E-state index in [-0.39, 0.29) is 6.03 Å². The molecular weight excluding hydrogens is 294 g/mol. The molecule has 0 spiro atoms. The fraction of sp³-hybridized carbons (Fsp3) is 0.812. The van der Waals surface area contributed by atoms with E-state index in [0.717, 1.165) is 37.9 Å². The Hall–Kier alpha value is -1.63. The summed E-state index contributed by atoms with van der Waals surface area (Å²) in [6.07, 6.45) is 2.03. The van der Waals surface area contributed by atoms with E-state index in [1.165, 1.54) is 6.42 Å². The van der Waals surface area contributed by atoms with Gasteiger partial charge < -0.3 is 19.6 Å². The van der Waals surface area contributed by atoms with E-state index in [1.807, 2.05) is 6.92 Å². The number of hydrogen-bond donors (Lipinski definition) is 1. The van der Waals surface area contributed by atoms with Crippen LogP contribution in [-0.4, -0.2) is 59.2 Å². The third kappa shape index (κ3) is 5.49. The summed E-state index contributed by atoms with van der Waals surface area (Å²) in [6, 6.07) is -0.112. The molecule has 1 aliphatic heterocycles. The van der Waals surface area contributed by atoms with Gasteiger partial charge in [-0.1, -0.05) is 25.9 Å². The molecule has 2 heterocycles. The Morgan fingerprint density at radius 2 is 2.09 bits per heavy atom. The number of aryl methyl sites for hydroxylation is 1. The van der Waals surface area contributed by atoms with E-state index in [2.05, 4.69) is 34.2 Å². The maximum Gasteiger partial charge on any atom is 0.317 e. The van der Waals surface area contributed by atoms with Gasteiger partial charge in [0, 0.05) is 39.6 Å². The minimum atomic E-state index is -0.112. The van der Waals surface area contributed by atoms with Crippen molar-refractivity contribution in [1.29, 1.82) is 0 Å². The number of carbonyl (C=O) groups excluding carboxylic acids is 1. The van der Waals surface area contributed by atoms with Crippen LogP contribution in [0.5, 0.6) is 0 Å². The Kier molecular flexibility index (Phi) is 6.38. The monoisotopic (exact) mass is 323 g/mol. The lowest BCUT2D eigenvalue weighted by Crippen LogP contribution is -2.45. The summed E-state index contributed by atoms with van der Waals surface area (Å²) in [7, 11) is 1.73. The molecule has 1 aromatic heterocycles. The highest BCUT2D eigenvalue weighted by molar-refractivity contribution is 5.73. The van der Waals surface area contributed by atoms with Gasteiger partial charge in [0.1, 0.15) is 6.54 Å². The van der Waals surface area contributed by atoms with Crippen molar-refractivity contribution in [1.82, 2.24) is 25.3 Å². The number of carbonyl (C=O) groups is 1. The van der Waals surface area contributed by atoms with Crippen LogP contribution in [-0.2, 0) is 13.0 Å². The Morgan fingerprint density at radius 3 is 2.70 bits per heavy atom. The third-order valence-electron chi connectivity index (χ3n) is 4.19. The number of rotatable bonds is 6. The van der Waals surface area contributed by atoms with Crippen molar-refractivity contribution in [3.63, 3.8) is 0 Å². The van der Waals surface area contributed by atoms with E-state index >= 15 is 0 Å². The molecule has 0 aromatic carbocycles. The Morgan fingerprint density at radius 1 is 1.39 bits per heavy atom. The first-order valence-electron chi connectivity index (χ1n) is 8.50. The number of aromatic nitrogens is 2. The lowest BCUT2D eigenvalue weighted by Gasteiger charge is -2.35. The molecule has 1 aliphatic rings. The lowest BCUT2D eigenvalue weighted by molar-refractivity contribution is 0.140. The van der Waals surface area contributed by atoms with Crippen LogP contribution < -0.4 is 5.32 Å². The Balaban J connectivity index is 1.69. The van der Waals surface area contributed by atoms with Crippen LogP contribution in [0.15, 0.2) is 4.52 Å². The van der Waals surface area contributed by atoms with Crippen molar-refractivity contribution in [2.75, 3.05) is 33.2 Å². The van der Waals surface area contributed by atoms with Gasteiger partial charge >= 0.3 is 6.03 Å². The summed E-state index contributed by atoms with van der Waals surface area (Å²) < 4.78 is 5.11. The molecule has 7 nitrogen and oxygen atoms in total. The van der Waals surface area contributed by atoms with Crippen LogP contribution in [0.1, 0.15) is 38.9 Å². The maximum absolute atomic E-state index is 12.1. The second-order valence-corrected chi connectivity index (χ2v) is 6.75. The molecular formula is C16H29N5O2. The van der Waals surface area contributed by atoms with Crippen LogP contribution in [0.25, 0.3) is 0 Å². The van der Waals surface area contributed by atoms with Crippen molar-refractivity contribution >= 4 is 6.03 Å². The zero-order chi connectivity index (χ0) is 16.8. The van der Waals surface area contributed by atoms with Gasteiger partial charge in [0.15, 0.2) is 5.82 Å². The topological polar surface area (TPSA) is 74.5 Å². The molecule has 0 radical (unpaired) electrons. The largest absolute Gasteiger partial charge is 0.337 e. The van der Waals surface area contributed by atoms with Crippen LogP contribution in [0, 0.1) is 11.8 Å². The van der Waals surface area contributed by atoms with E-state index in [0.29, 0.717) is 24.8 Å². The minimum Gasteiger partial charge on any atom is -0.337 e. The minimum absolute atomic E-state index is 0.112. The number of nitrogens with one attached hydrogen (secondary N) is 1. The quantitative estimate of drug-likeness (QED) is 0.863. The van der Waals surface area contributed by atoms with Gasteiger partial charge in [0.05, 0.1) is 0 Å². The van der Waals surface area contributed by atoms with Gasteiger partial charge in [-0.05, 0) is 18.3 Å². The average Bonchev–Trinajstić information content (AvgIpc) is 2.93. The summed E-state index contributed by atoms with van der Waals surface area (Å²) >= 11 is 0. The SMILES string of the molecule is CCc1noc(CN(C)C(=O)NCCN2C[C@H](C)C[C@@H](C)C2)n1. The number of likely N-dealkylation sites (tertiary alicyclic amines) is 1. The van der Waals surface area contributed by atoms with Gasteiger partial charge in [0.25, 0.3) is 0 Å². The fourth-order valence-corrected chi connectivity index (χ4v) is 3.20. The van der Waals surface area contributed by atoms with Crippen molar-refractivity contribution < 1.29 is 9.32 Å². The highest BCUT2D eigenvalue weighted by Crippen LogP contribution is 2.20. The number of piperidine rings is 1. The van der Waals surface area contributed by atoms with Gasteiger partial charge in [-0.2, -0.15) is 4.98 Å². The van der Waals surface area contributed by atoms with Crippen molar-refractivity contribution in [3.8, 4) is 0 Å². The van der Waals surface area contributed by atoms with Crippen LogP contribution in [0.2, 0.25) is 0 Å². The summed E-state index contributed by atoms with van der Waals surface area (Å²) in [4.78, 5) is 20.3. The van der Waals surface area contributed by atoms with E-state index in [9.17, 15) is 4.79 Å². The first-order valence-corrected chi connectivity index (χ1v) is 8.50. The van der Waals surface area contributed by atoms with Gasteiger partial charge in [-0.3, -0.25) is 0 Å². The molecule has 130 valence electrons. The molecule has 0 saturated carbocycles. The average molecular weight is 323 g/mol. The van der Waals surface area contributed by atoms with Gasteiger partial charge in [-0.15, -0.1) is 0 Å². The molecule has 7 heteroatoms. The van der Waals surface area contributed by atoms with Crippen LogP contribution in [0.3, 0.4) is 0 Å². The molecule has 1 saturated heterocycles. The third-order valence-corrected chi connectivity index (χ3v) is 4.19. The highest BCUT2D eigenvalue weighted by atomic mass is 16.5. The molecule has 1 N–H and O–H groups in total. The summed E-state index contributed by atoms with van der Waals surface area (Å²) in [5.41, 5.74) is 0. The molecule has 1 fully saturated rings. The number of nitrogens with zero attached hydrogens (tertiary/aromatic N) is 4. The smallest absolute Gasteiger partial charge is 0.317 e. The van der Waals surface area contributed by atoms with Crippen LogP contribution >= 0.6 is 0 Å². The lowest BCUT2D eigenvalue weighted by atomic mass is 9.92. The van der Waals surface area contributed by atoms with Crippen LogP contribution in [0.4, 0.5) is 4.79 Å². The zero-order valence-corrected chi connectivity index (χ0v) is 14.7. The second-order valence-electron chi connectivity index (χ2n) is 6.75. The molecule has 0 unspecified atom stereocenters. The second kappa shape index (κ2) is 8.29. The van der Waals surface area contributed by atoms with E-state index < -0.39 is 0 Å². The molecule has 2 amide bonds. The first-order chi connectivity index (χ1) is 11.0. The maximum atomic E-state index is 12.1. The number of urea groups is 1. The molecule has 2 atom stereocenters. The van der Waals surface area contributed by atoms with E-state index in [1.54, 1.807) is 11.9 Å². The summed E-state index contributed by atoms with van der Waals surface area (Å²) in [5, 5.41) is 6.79. The standard InChI is InChI=1S/C16H29N5O2/c1-5-14-18-15(23-19-14)11-20(4)16(22)17-6-7-21-9-12(2)8-13(3)10-21/h12-13H,5-11H2,1-4H3,(H,17,22)/t12-,13-/m1/s1. The first kappa shape index (κ1) is 17.7. The van der Waals surface area contributed by atoms with E-state index in [4.69, 9.17) is 4.52 Å². The predicted molar refractivity (Wildman–Crippen MR) is 87.9 cm³/mol. The van der Waals surface area contributed by atoms with Gasteiger partial charge in [0.2, 0.25) is 5.89 Å². The molecule has 2 rings (SSSR count). The molecule has 23 heavy (non-hydrogen) atoms. The van der Waals surface area contributed by atoms with Crippen molar-refractivity contribution in [2.45, 2.75) is 40.2 Å². The number of hydrogen-bond acceptors (Lipinski definition) is 5. The summed E-state index contributed by atoms with van der Waals surface area (Å²) in [6.45, 7) is 10.7. The van der Waals surface area contributed by atoms with Crippen molar-refractivity contribution in [3.05, 3.63) is 11.7 Å². The van der Waals surface area contributed by atoms with Crippen molar-refractivity contribution in [2.24, 2.45) is 11.8 Å². The zero-order valence-electron chi connectivity index (χ0n) is 14.7. The number of amides is 2. The Labute approximate surface area is 138 Å². The highest BCUT2D eigenvalue weighted by Gasteiger charge is 2.21. The fourth-order valence-electron chi connectivity index (χ4n) is 3.20. The predicted octanol–water partition coefficient (Wildman–Crippen LogP) is 1.75. The Bertz CT molecular complexity index is 494. The normalized spacial score (nSPS) is 22.1. The van der Waals surface area contributed by atoms with Gasteiger partial charge in [-0.25, -0.2) is 4.79 Å².